The SMILES string of the molecule is O=S(=O)(Oc1ccccc1[I+]c1ccccc1)C(F)(F)F. The van der Waals surface area contributed by atoms with Crippen LogP contribution < -0.4 is 25.4 Å². The quantitative estimate of drug-likeness (QED) is 0.392. The van der Waals surface area contributed by atoms with Crippen molar-refractivity contribution in [2.45, 2.75) is 5.51 Å². The largest absolute Gasteiger partial charge is 0.534 e. The number of benzene rings is 2. The predicted octanol–water partition coefficient (Wildman–Crippen LogP) is 0.0434. The van der Waals surface area contributed by atoms with Crippen molar-refractivity contribution >= 4 is 10.1 Å². The fourth-order valence-electron chi connectivity index (χ4n) is 1.35. The number of alkyl halides is 3. The van der Waals surface area contributed by atoms with Crippen LogP contribution in [0, 0.1) is 7.14 Å². The zero-order valence-electron chi connectivity index (χ0n) is 10.3. The van der Waals surface area contributed by atoms with Crippen LogP contribution >= 0.6 is 0 Å². The molecule has 21 heavy (non-hydrogen) atoms. The van der Waals surface area contributed by atoms with E-state index in [1.165, 1.54) is 12.1 Å². The van der Waals surface area contributed by atoms with Gasteiger partial charge in [0.05, 0.1) is 0 Å². The van der Waals surface area contributed by atoms with E-state index < -0.39 is 36.8 Å². The first-order valence-corrected chi connectivity index (χ1v) is 9.16. The summed E-state index contributed by atoms with van der Waals surface area (Å²) >= 11 is -0.841. The second-order valence-corrected chi connectivity index (χ2v) is 8.29. The normalized spacial score (nSPS) is 12.1. The van der Waals surface area contributed by atoms with E-state index >= 15 is 0 Å². The van der Waals surface area contributed by atoms with Crippen LogP contribution in [-0.2, 0) is 10.1 Å². The Morgan fingerprint density at radius 1 is 0.905 bits per heavy atom. The molecule has 0 saturated carbocycles. The summed E-state index contributed by atoms with van der Waals surface area (Å²) in [5.41, 5.74) is -5.44. The van der Waals surface area contributed by atoms with Gasteiger partial charge in [-0.25, -0.2) is 0 Å². The van der Waals surface area contributed by atoms with Crippen molar-refractivity contribution in [1.29, 1.82) is 0 Å². The van der Waals surface area contributed by atoms with E-state index in [1.807, 2.05) is 30.3 Å². The maximum Gasteiger partial charge on any atom is 0.534 e. The lowest BCUT2D eigenvalue weighted by atomic mass is 10.3. The summed E-state index contributed by atoms with van der Waals surface area (Å²) in [4.78, 5) is 0. The molecule has 0 fully saturated rings. The molecule has 3 nitrogen and oxygen atoms in total. The number of hydrogen-bond donors (Lipinski definition) is 0. The van der Waals surface area contributed by atoms with Gasteiger partial charge in [-0.2, -0.15) is 21.6 Å². The predicted molar refractivity (Wildman–Crippen MR) is 65.9 cm³/mol. The van der Waals surface area contributed by atoms with E-state index in [0.29, 0.717) is 3.57 Å². The van der Waals surface area contributed by atoms with Crippen LogP contribution in [0.15, 0.2) is 54.6 Å². The summed E-state index contributed by atoms with van der Waals surface area (Å²) in [6.07, 6.45) is 0. The molecule has 0 amide bonds. The maximum absolute atomic E-state index is 12.4. The Balaban J connectivity index is 2.30. The maximum atomic E-state index is 12.4. The highest BCUT2D eigenvalue weighted by Crippen LogP contribution is 2.26. The van der Waals surface area contributed by atoms with Gasteiger partial charge in [-0.15, -0.1) is 0 Å². The second kappa shape index (κ2) is 6.22. The van der Waals surface area contributed by atoms with Crippen LogP contribution in [0.5, 0.6) is 5.75 Å². The summed E-state index contributed by atoms with van der Waals surface area (Å²) in [5, 5.41) is 0. The van der Waals surface area contributed by atoms with Crippen molar-refractivity contribution in [2.75, 3.05) is 0 Å². The Hall–Kier alpha value is -1.29. The van der Waals surface area contributed by atoms with Gasteiger partial charge in [0, 0.05) is 0 Å². The third-order valence-electron chi connectivity index (χ3n) is 2.26. The van der Waals surface area contributed by atoms with Crippen molar-refractivity contribution in [1.82, 2.24) is 0 Å². The molecule has 0 aromatic heterocycles. The molecule has 0 bridgehead atoms. The molecule has 2 aromatic rings. The van der Waals surface area contributed by atoms with Crippen molar-refractivity contribution < 1.29 is 47.0 Å². The van der Waals surface area contributed by atoms with E-state index in [0.717, 1.165) is 3.57 Å². The highest BCUT2D eigenvalue weighted by Gasteiger charge is 2.49. The standard InChI is InChI=1S/C13H9F3IO3S/c14-13(15,16)21(18,19)20-12-9-5-4-8-11(12)17-10-6-2-1-3-7-10/h1-9H/q+1. The molecular formula is C13H9F3IO3S+. The van der Waals surface area contributed by atoms with Gasteiger partial charge < -0.3 is 4.18 Å². The lowest BCUT2D eigenvalue weighted by molar-refractivity contribution is -0.598. The van der Waals surface area contributed by atoms with Crippen molar-refractivity contribution in [3.05, 3.63) is 61.7 Å². The number of para-hydroxylation sites is 1. The van der Waals surface area contributed by atoms with Gasteiger partial charge in [0.2, 0.25) is 3.57 Å². The van der Waals surface area contributed by atoms with Crippen LogP contribution in [0.1, 0.15) is 0 Å². The average Bonchev–Trinajstić information content (AvgIpc) is 2.40. The first-order chi connectivity index (χ1) is 9.79. The number of halogens is 4. The lowest BCUT2D eigenvalue weighted by Gasteiger charge is -2.08. The molecule has 2 aromatic carbocycles. The molecule has 0 atom stereocenters. The molecule has 0 aliphatic rings. The molecule has 0 heterocycles. The van der Waals surface area contributed by atoms with Gasteiger partial charge in [-0.3, -0.25) is 0 Å². The molecule has 0 unspecified atom stereocenters. The average molecular weight is 429 g/mol. The molecular weight excluding hydrogens is 420 g/mol. The van der Waals surface area contributed by atoms with Gasteiger partial charge in [0.1, 0.15) is 0 Å². The van der Waals surface area contributed by atoms with Gasteiger partial charge in [0.25, 0.3) is 0 Å². The molecule has 2 rings (SSSR count). The molecule has 8 heteroatoms. The second-order valence-electron chi connectivity index (χ2n) is 3.80. The van der Waals surface area contributed by atoms with E-state index in [4.69, 9.17) is 0 Å². The van der Waals surface area contributed by atoms with Crippen molar-refractivity contribution in [2.24, 2.45) is 0 Å². The summed E-state index contributed by atoms with van der Waals surface area (Å²) in [6.45, 7) is 0. The molecule has 112 valence electrons. The van der Waals surface area contributed by atoms with E-state index in [9.17, 15) is 21.6 Å². The molecule has 0 saturated heterocycles. The van der Waals surface area contributed by atoms with E-state index in [2.05, 4.69) is 4.18 Å². The zero-order valence-corrected chi connectivity index (χ0v) is 13.3. The number of rotatable bonds is 4. The highest BCUT2D eigenvalue weighted by molar-refractivity contribution is 7.87. The third-order valence-corrected chi connectivity index (χ3v) is 6.04. The van der Waals surface area contributed by atoms with Crippen LogP contribution in [0.4, 0.5) is 13.2 Å². The molecule has 0 radical (unpaired) electrons. The Bertz CT molecular complexity index is 715. The van der Waals surface area contributed by atoms with Gasteiger partial charge in [-0.1, -0.05) is 30.3 Å². The highest BCUT2D eigenvalue weighted by atomic mass is 127. The minimum Gasteiger partial charge on any atom is -0.371 e. The smallest absolute Gasteiger partial charge is 0.371 e. The molecule has 0 aliphatic heterocycles. The van der Waals surface area contributed by atoms with E-state index in [-0.39, 0.29) is 5.75 Å². The van der Waals surface area contributed by atoms with Gasteiger partial charge in [0.15, 0.2) is 9.32 Å². The Morgan fingerprint density at radius 2 is 1.48 bits per heavy atom. The van der Waals surface area contributed by atoms with Crippen molar-refractivity contribution in [3.63, 3.8) is 0 Å². The summed E-state index contributed by atoms with van der Waals surface area (Å²) in [6, 6.07) is 15.0. The Morgan fingerprint density at radius 3 is 2.10 bits per heavy atom. The third kappa shape index (κ3) is 4.10. The fourth-order valence-corrected chi connectivity index (χ4v) is 4.37. The fraction of sp³-hybridized carbons (Fsp3) is 0.0769. The van der Waals surface area contributed by atoms with Crippen LogP contribution in [-0.4, -0.2) is 13.9 Å². The van der Waals surface area contributed by atoms with Gasteiger partial charge >= 0.3 is 36.8 Å². The van der Waals surface area contributed by atoms with Crippen molar-refractivity contribution in [3.8, 4) is 5.75 Å². The summed E-state index contributed by atoms with van der Waals surface area (Å²) < 4.78 is 65.0. The molecule has 0 spiro atoms. The zero-order chi connectivity index (χ0) is 15.5. The first-order valence-electron chi connectivity index (χ1n) is 5.59. The van der Waals surface area contributed by atoms with Crippen LogP contribution in [0.2, 0.25) is 0 Å². The Labute approximate surface area is 130 Å². The minimum absolute atomic E-state index is 0.272. The van der Waals surface area contributed by atoms with Gasteiger partial charge in [-0.05, 0) is 24.3 Å². The first kappa shape index (κ1) is 16.1. The Kier molecular flexibility index (Phi) is 4.77. The molecule has 0 N–H and O–H groups in total. The monoisotopic (exact) mass is 429 g/mol. The van der Waals surface area contributed by atoms with Crippen LogP contribution in [0.3, 0.4) is 0 Å². The topological polar surface area (TPSA) is 43.4 Å². The van der Waals surface area contributed by atoms with Crippen LogP contribution in [0.25, 0.3) is 0 Å². The summed E-state index contributed by atoms with van der Waals surface area (Å²) in [5.74, 6) is -0.272. The van der Waals surface area contributed by atoms with E-state index in [1.54, 1.807) is 12.1 Å². The molecule has 0 aliphatic carbocycles. The number of hydrogen-bond acceptors (Lipinski definition) is 3. The lowest BCUT2D eigenvalue weighted by Crippen LogP contribution is -3.61. The minimum atomic E-state index is -5.65. The summed E-state index contributed by atoms with van der Waals surface area (Å²) in [7, 11) is -5.65.